The van der Waals surface area contributed by atoms with Gasteiger partial charge in [0.15, 0.2) is 5.60 Å². The van der Waals surface area contributed by atoms with Crippen molar-refractivity contribution < 1.29 is 9.84 Å². The molecule has 2 aromatic heterocycles. The zero-order chi connectivity index (χ0) is 26.0. The minimum atomic E-state index is -1.54. The number of hydrogen-bond acceptors (Lipinski definition) is 4. The summed E-state index contributed by atoms with van der Waals surface area (Å²) in [5, 5.41) is 14.6. The molecule has 0 saturated carbocycles. The summed E-state index contributed by atoms with van der Waals surface area (Å²) in [6.07, 6.45) is 4.17. The Bertz CT molecular complexity index is 1540. The quantitative estimate of drug-likeness (QED) is 0.161. The lowest BCUT2D eigenvalue weighted by Crippen LogP contribution is -2.32. The first-order valence-corrected chi connectivity index (χ1v) is 12.9. The van der Waals surface area contributed by atoms with Gasteiger partial charge >= 0.3 is 0 Å². The van der Waals surface area contributed by atoms with Crippen LogP contribution < -0.4 is 0 Å². The van der Waals surface area contributed by atoms with Gasteiger partial charge in [-0.05, 0) is 47.4 Å². The van der Waals surface area contributed by atoms with E-state index in [4.69, 9.17) is 39.5 Å². The number of benzene rings is 3. The molecule has 0 aliphatic heterocycles. The molecule has 0 bridgehead atoms. The first kappa shape index (κ1) is 25.7. The highest BCUT2D eigenvalue weighted by atomic mass is 35.5. The molecule has 1 unspecified atom stereocenters. The molecule has 5 rings (SSSR count). The molecule has 8 heteroatoms. The molecule has 3 aromatic carbocycles. The van der Waals surface area contributed by atoms with Gasteiger partial charge in [-0.1, -0.05) is 83.3 Å². The second-order valence-corrected chi connectivity index (χ2v) is 9.90. The number of imidazole rings is 1. The van der Waals surface area contributed by atoms with Gasteiger partial charge in [-0.2, -0.15) is 0 Å². The van der Waals surface area contributed by atoms with Crippen LogP contribution in [0, 0.1) is 0 Å². The Morgan fingerprint density at radius 3 is 2.41 bits per heavy atom. The predicted molar refractivity (Wildman–Crippen MR) is 149 cm³/mol. The molecular weight excluding hydrogens is 529 g/mol. The summed E-state index contributed by atoms with van der Waals surface area (Å²) < 4.78 is 7.16. The van der Waals surface area contributed by atoms with Crippen molar-refractivity contribution in [2.24, 2.45) is 0 Å². The van der Waals surface area contributed by atoms with E-state index in [1.165, 1.54) is 0 Å². The van der Waals surface area contributed by atoms with Crippen LogP contribution >= 0.6 is 34.8 Å². The van der Waals surface area contributed by atoms with Crippen LogP contribution in [0.3, 0.4) is 0 Å². The lowest BCUT2D eigenvalue weighted by molar-refractivity contribution is 0.115. The van der Waals surface area contributed by atoms with Crippen molar-refractivity contribution in [1.82, 2.24) is 14.5 Å². The van der Waals surface area contributed by atoms with Crippen molar-refractivity contribution in [3.63, 3.8) is 0 Å². The van der Waals surface area contributed by atoms with Crippen molar-refractivity contribution >= 4 is 45.7 Å². The molecule has 0 amide bonds. The fourth-order valence-corrected chi connectivity index (χ4v) is 5.42. The number of aromatic nitrogens is 3. The van der Waals surface area contributed by atoms with Gasteiger partial charge < -0.3 is 14.4 Å². The molecule has 5 aromatic rings. The number of ether oxygens (including phenoxy) is 1. The van der Waals surface area contributed by atoms with Crippen molar-refractivity contribution in [3.8, 4) is 11.1 Å². The number of pyridine rings is 1. The van der Waals surface area contributed by atoms with Gasteiger partial charge in [0.1, 0.15) is 5.15 Å². The predicted octanol–water partition coefficient (Wildman–Crippen LogP) is 7.38. The number of aliphatic hydroxyl groups is 1. The Morgan fingerprint density at radius 2 is 1.68 bits per heavy atom. The third-order valence-corrected chi connectivity index (χ3v) is 7.37. The summed E-state index contributed by atoms with van der Waals surface area (Å²) in [5.41, 5.74) is 2.47. The number of aryl methyl sites for hydroxylation is 1. The molecule has 0 spiro atoms. The second kappa shape index (κ2) is 10.8. The molecule has 5 nitrogen and oxygen atoms in total. The first-order valence-electron chi connectivity index (χ1n) is 11.8. The van der Waals surface area contributed by atoms with Crippen LogP contribution in [0.15, 0.2) is 85.3 Å². The largest absolute Gasteiger partial charge is 0.385 e. The number of rotatable bonds is 8. The van der Waals surface area contributed by atoms with Crippen LogP contribution in [-0.4, -0.2) is 33.4 Å². The molecule has 2 heterocycles. The van der Waals surface area contributed by atoms with Gasteiger partial charge in [-0.15, -0.1) is 0 Å². The number of halogens is 3. The molecule has 0 radical (unpaired) electrons. The van der Waals surface area contributed by atoms with E-state index in [0.717, 1.165) is 12.0 Å². The third kappa shape index (κ3) is 4.86. The Labute approximate surface area is 230 Å². The van der Waals surface area contributed by atoms with Crippen molar-refractivity contribution in [2.75, 3.05) is 13.7 Å². The Kier molecular flexibility index (Phi) is 7.52. The highest BCUT2D eigenvalue weighted by Crippen LogP contribution is 2.42. The maximum Gasteiger partial charge on any atom is 0.156 e. The smallest absolute Gasteiger partial charge is 0.156 e. The van der Waals surface area contributed by atoms with E-state index in [9.17, 15) is 5.11 Å². The van der Waals surface area contributed by atoms with Crippen LogP contribution in [0.5, 0.6) is 0 Å². The summed E-state index contributed by atoms with van der Waals surface area (Å²) in [7, 11) is 1.67. The maximum absolute atomic E-state index is 12.5. The van der Waals surface area contributed by atoms with E-state index in [2.05, 4.69) is 9.97 Å². The average molecular weight is 553 g/mol. The summed E-state index contributed by atoms with van der Waals surface area (Å²) in [6, 6.07) is 22.3. The molecule has 0 saturated heterocycles. The van der Waals surface area contributed by atoms with E-state index >= 15 is 0 Å². The van der Waals surface area contributed by atoms with Gasteiger partial charge in [0, 0.05) is 36.2 Å². The summed E-state index contributed by atoms with van der Waals surface area (Å²) >= 11 is 19.7. The van der Waals surface area contributed by atoms with Crippen molar-refractivity contribution in [1.29, 1.82) is 0 Å². The SMILES string of the molecule is COCCCn1cncc1C(O)(c1ccc(Cl)cc1)c1ccc2nc(Cl)c(-c3ccccc3)c(Cl)c2c1. The monoisotopic (exact) mass is 551 g/mol. The second-order valence-electron chi connectivity index (χ2n) is 8.73. The zero-order valence-electron chi connectivity index (χ0n) is 20.0. The highest BCUT2D eigenvalue weighted by Gasteiger charge is 2.37. The Balaban J connectivity index is 1.72. The molecule has 0 aliphatic carbocycles. The highest BCUT2D eigenvalue weighted by molar-refractivity contribution is 6.42. The molecule has 188 valence electrons. The number of fused-ring (bicyclic) bond motifs is 1. The van der Waals surface area contributed by atoms with E-state index < -0.39 is 5.60 Å². The van der Waals surface area contributed by atoms with Gasteiger partial charge in [-0.3, -0.25) is 0 Å². The Hall–Kier alpha value is -2.93. The standard InChI is InChI=1S/C29H24Cl3N3O2/c1-37-15-5-14-35-18-33-17-25(35)29(36,20-8-11-22(30)12-9-20)21-10-13-24-23(16-21)27(31)26(28(32)34-24)19-6-3-2-4-7-19/h2-4,6-13,16-18,36H,5,14-15H2,1H3. The van der Waals surface area contributed by atoms with Crippen molar-refractivity contribution in [3.05, 3.63) is 117 Å². The summed E-state index contributed by atoms with van der Waals surface area (Å²) in [5.74, 6) is 0. The van der Waals surface area contributed by atoms with Crippen molar-refractivity contribution in [2.45, 2.75) is 18.6 Å². The minimum absolute atomic E-state index is 0.320. The lowest BCUT2D eigenvalue weighted by atomic mass is 9.83. The summed E-state index contributed by atoms with van der Waals surface area (Å²) in [4.78, 5) is 8.96. The number of hydrogen-bond donors (Lipinski definition) is 1. The van der Waals surface area contributed by atoms with Gasteiger partial charge in [-0.25, -0.2) is 9.97 Å². The molecule has 1 atom stereocenters. The van der Waals surface area contributed by atoms with Gasteiger partial charge in [0.05, 0.1) is 28.8 Å². The average Bonchev–Trinajstić information content (AvgIpc) is 3.38. The normalized spacial score (nSPS) is 13.1. The topological polar surface area (TPSA) is 60.2 Å². The first-order chi connectivity index (χ1) is 17.9. The van der Waals surface area contributed by atoms with Gasteiger partial charge in [0.2, 0.25) is 0 Å². The number of nitrogens with zero attached hydrogens (tertiary/aromatic N) is 3. The van der Waals surface area contributed by atoms with Crippen LogP contribution in [-0.2, 0) is 16.9 Å². The third-order valence-electron chi connectivity index (χ3n) is 6.45. The van der Waals surface area contributed by atoms with E-state index in [-0.39, 0.29) is 0 Å². The molecular formula is C29H24Cl3N3O2. The van der Waals surface area contributed by atoms with E-state index in [0.29, 0.717) is 61.6 Å². The molecule has 37 heavy (non-hydrogen) atoms. The molecule has 0 fully saturated rings. The molecule has 0 aliphatic rings. The van der Waals surface area contributed by atoms with Gasteiger partial charge in [0.25, 0.3) is 0 Å². The van der Waals surface area contributed by atoms with Crippen LogP contribution in [0.1, 0.15) is 23.2 Å². The fraction of sp³-hybridized carbons (Fsp3) is 0.172. The minimum Gasteiger partial charge on any atom is -0.385 e. The lowest BCUT2D eigenvalue weighted by Gasteiger charge is -2.31. The zero-order valence-corrected chi connectivity index (χ0v) is 22.3. The van der Waals surface area contributed by atoms with E-state index in [1.807, 2.05) is 65.2 Å². The summed E-state index contributed by atoms with van der Waals surface area (Å²) in [6.45, 7) is 1.22. The van der Waals surface area contributed by atoms with Crippen LogP contribution in [0.25, 0.3) is 22.0 Å². The van der Waals surface area contributed by atoms with Crippen LogP contribution in [0.2, 0.25) is 15.2 Å². The fourth-order valence-electron chi connectivity index (χ4n) is 4.60. The maximum atomic E-state index is 12.5. The van der Waals surface area contributed by atoms with E-state index in [1.54, 1.807) is 31.8 Å². The molecule has 1 N–H and O–H groups in total. The number of methoxy groups -OCH3 is 1. The Morgan fingerprint density at radius 1 is 0.946 bits per heavy atom. The van der Waals surface area contributed by atoms with Crippen LogP contribution in [0.4, 0.5) is 0 Å².